The number of β-lactam (4-membered cyclic amide) rings is 1. The number of fused-ring (bicyclic) bond motifs is 1. The first kappa shape index (κ1) is 33.6. The molecule has 0 radical (unpaired) electrons. The number of carboxylic acid groups (broad SMARTS) is 1. The Morgan fingerprint density at radius 1 is 1.18 bits per heavy atom. The van der Waals surface area contributed by atoms with Gasteiger partial charge in [-0.15, -0.1) is 11.8 Å². The minimum atomic E-state index is -1.36. The third kappa shape index (κ3) is 6.88. The summed E-state index contributed by atoms with van der Waals surface area (Å²) in [6, 6.07) is 7.81. The normalized spacial score (nSPS) is 19.5. The number of imide groups is 1. The van der Waals surface area contributed by atoms with Crippen LogP contribution in [0.1, 0.15) is 20.0 Å². The molecular weight excluding hydrogens is 617 g/mol. The number of esters is 1. The fourth-order valence-corrected chi connectivity index (χ4v) is 6.28. The van der Waals surface area contributed by atoms with Gasteiger partial charge in [-0.2, -0.15) is 0 Å². The molecule has 2 saturated heterocycles. The predicted octanol–water partition coefficient (Wildman–Crippen LogP) is -2.05. The first-order valence-corrected chi connectivity index (χ1v) is 14.4. The summed E-state index contributed by atoms with van der Waals surface area (Å²) < 4.78 is 6.27. The molecule has 2 fully saturated rings. The molecule has 0 saturated carbocycles. The van der Waals surface area contributed by atoms with Crippen molar-refractivity contribution in [3.63, 3.8) is 0 Å². The maximum atomic E-state index is 13.6. The molecule has 6 amide bonds. The maximum Gasteiger partial charge on any atom is 1.00 e. The van der Waals surface area contributed by atoms with Gasteiger partial charge < -0.3 is 21.9 Å². The van der Waals surface area contributed by atoms with E-state index in [4.69, 9.17) is 4.74 Å². The SMILES string of the molecule is C=[N+](c1cccnc1)N1CCN(C(=O)NC(C(=O)NC2C(=O)N3C(C(=O)O)=C(COC(C)=O)CS[C@@H]23)c2ccccc2)C1=O.[H-].[Na+]. The van der Waals surface area contributed by atoms with Crippen molar-refractivity contribution >= 4 is 60.0 Å². The molecule has 3 atom stereocenters. The Morgan fingerprint density at radius 2 is 1.91 bits per heavy atom. The molecule has 3 aliphatic heterocycles. The molecule has 4 heterocycles. The Balaban J connectivity index is 0.00000288. The maximum absolute atomic E-state index is 13.6. The van der Waals surface area contributed by atoms with Crippen LogP contribution >= 0.6 is 11.8 Å². The van der Waals surface area contributed by atoms with Crippen molar-refractivity contribution in [1.82, 2.24) is 30.4 Å². The number of hydrogen-bond donors (Lipinski definition) is 3. The molecule has 0 spiro atoms. The number of rotatable bonds is 9. The molecule has 0 aliphatic carbocycles. The molecule has 1 aromatic heterocycles. The van der Waals surface area contributed by atoms with E-state index in [1.54, 1.807) is 48.7 Å². The molecule has 17 heteroatoms. The third-order valence-electron chi connectivity index (χ3n) is 7.13. The summed E-state index contributed by atoms with van der Waals surface area (Å²) in [5.41, 5.74) is 0.894. The van der Waals surface area contributed by atoms with E-state index in [2.05, 4.69) is 22.3 Å². The molecule has 15 nitrogen and oxygen atoms in total. The van der Waals surface area contributed by atoms with Gasteiger partial charge in [0, 0.05) is 30.5 Å². The van der Waals surface area contributed by atoms with Crippen LogP contribution in [0.5, 0.6) is 0 Å². The molecule has 2 unspecified atom stereocenters. The Kier molecular flexibility index (Phi) is 10.6. The second-order valence-corrected chi connectivity index (χ2v) is 11.0. The van der Waals surface area contributed by atoms with E-state index in [1.165, 1.54) is 34.6 Å². The van der Waals surface area contributed by atoms with Crippen LogP contribution in [-0.4, -0.2) is 109 Å². The standard InChI is InChI=1S/C28H27N7O8S.Na.H/c1-16(36)43-14-18-15-44-25-21(24(38)35(25)22(18)26(39)40)30-23(37)20(17-7-4-3-5-8-17)31-27(41)33-11-12-34(28(33)42)32(2)19-9-6-10-29-13-19;;/h3-10,13,20-21,25H,2,11-12,14-15H2,1H3,(H2-,30,31,37,39,40,41);;/q;+1;-1/p+1/t20?,21?,25-;;/m0../s1. The average Bonchev–Trinajstić information content (AvgIpc) is 3.42. The predicted molar refractivity (Wildman–Crippen MR) is 155 cm³/mol. The summed E-state index contributed by atoms with van der Waals surface area (Å²) in [6.07, 6.45) is 3.09. The Morgan fingerprint density at radius 3 is 2.56 bits per heavy atom. The van der Waals surface area contributed by atoms with E-state index < -0.39 is 53.3 Å². The third-order valence-corrected chi connectivity index (χ3v) is 8.47. The zero-order valence-electron chi connectivity index (χ0n) is 25.4. The van der Waals surface area contributed by atoms with Crippen molar-refractivity contribution in [3.8, 4) is 0 Å². The van der Waals surface area contributed by atoms with Gasteiger partial charge in [0.15, 0.2) is 6.72 Å². The number of hydrogen-bond acceptors (Lipinski definition) is 9. The Labute approximate surface area is 285 Å². The minimum Gasteiger partial charge on any atom is -1.00 e. The van der Waals surface area contributed by atoms with Gasteiger partial charge >= 0.3 is 53.6 Å². The van der Waals surface area contributed by atoms with Crippen molar-refractivity contribution in [2.45, 2.75) is 24.4 Å². The molecule has 0 bridgehead atoms. The number of hydrazine groups is 1. The number of urea groups is 2. The first-order valence-electron chi connectivity index (χ1n) is 13.4. The number of thioether (sulfide) groups is 1. The zero-order valence-corrected chi connectivity index (χ0v) is 27.2. The van der Waals surface area contributed by atoms with Gasteiger partial charge in [-0.1, -0.05) is 40.0 Å². The largest absolute Gasteiger partial charge is 1.00 e. The first-order chi connectivity index (χ1) is 21.1. The number of pyridine rings is 1. The van der Waals surface area contributed by atoms with E-state index in [0.29, 0.717) is 11.3 Å². The number of nitrogens with zero attached hydrogens (tertiary/aromatic N) is 5. The van der Waals surface area contributed by atoms with Crippen molar-refractivity contribution in [3.05, 3.63) is 71.7 Å². The smallest absolute Gasteiger partial charge is 1.00 e. The molecular formula is C28H29N7NaO8S+. The molecule has 45 heavy (non-hydrogen) atoms. The van der Waals surface area contributed by atoms with Crippen LogP contribution in [0.4, 0.5) is 15.3 Å². The summed E-state index contributed by atoms with van der Waals surface area (Å²) in [6.45, 7) is 4.96. The monoisotopic (exact) mass is 646 g/mol. The second-order valence-electron chi connectivity index (χ2n) is 9.89. The summed E-state index contributed by atoms with van der Waals surface area (Å²) in [4.78, 5) is 82.4. The number of benzene rings is 1. The van der Waals surface area contributed by atoms with Gasteiger partial charge in [0.1, 0.15) is 42.5 Å². The van der Waals surface area contributed by atoms with E-state index in [1.807, 2.05) is 0 Å². The number of carbonyl (C=O) groups is 6. The van der Waals surface area contributed by atoms with Crippen LogP contribution in [0.3, 0.4) is 0 Å². The Hall–Kier alpha value is -4.25. The second kappa shape index (κ2) is 14.2. The zero-order chi connectivity index (χ0) is 31.5. The number of aromatic nitrogens is 1. The Bertz CT molecular complexity index is 1580. The number of amides is 6. The van der Waals surface area contributed by atoms with Crippen LogP contribution in [0.2, 0.25) is 0 Å². The molecule has 3 aliphatic rings. The van der Waals surface area contributed by atoms with Crippen molar-refractivity contribution < 1.29 is 74.3 Å². The van der Waals surface area contributed by atoms with E-state index in [-0.39, 0.29) is 67.7 Å². The van der Waals surface area contributed by atoms with Crippen molar-refractivity contribution in [1.29, 1.82) is 0 Å². The average molecular weight is 647 g/mol. The van der Waals surface area contributed by atoms with Crippen LogP contribution in [0.25, 0.3) is 0 Å². The van der Waals surface area contributed by atoms with Crippen molar-refractivity contribution in [2.75, 3.05) is 25.4 Å². The fourth-order valence-electron chi connectivity index (χ4n) is 4.95. The topological polar surface area (TPSA) is 182 Å². The van der Waals surface area contributed by atoms with E-state index in [0.717, 1.165) is 9.80 Å². The number of carboxylic acids is 1. The van der Waals surface area contributed by atoms with E-state index >= 15 is 0 Å². The van der Waals surface area contributed by atoms with Gasteiger partial charge in [-0.05, 0) is 11.6 Å². The summed E-state index contributed by atoms with van der Waals surface area (Å²) >= 11 is 1.21. The minimum absolute atomic E-state index is 0. The number of nitrogens with one attached hydrogen (secondary N) is 2. The number of carbonyl (C=O) groups excluding carboxylic acids is 5. The molecule has 1 aromatic carbocycles. The fraction of sp³-hybridized carbons (Fsp3) is 0.286. The van der Waals surface area contributed by atoms with Crippen LogP contribution in [0, 0.1) is 0 Å². The number of ether oxygens (including phenoxy) is 1. The summed E-state index contributed by atoms with van der Waals surface area (Å²) in [5.74, 6) is -3.19. The van der Waals surface area contributed by atoms with Crippen LogP contribution in [0.15, 0.2) is 66.1 Å². The number of hydrazone groups is 1. The van der Waals surface area contributed by atoms with Crippen LogP contribution in [-0.2, 0) is 23.9 Å². The van der Waals surface area contributed by atoms with Gasteiger partial charge in [0.25, 0.3) is 11.6 Å². The van der Waals surface area contributed by atoms with Gasteiger partial charge in [-0.3, -0.25) is 24.3 Å². The van der Waals surface area contributed by atoms with Crippen LogP contribution < -0.4 is 40.2 Å². The van der Waals surface area contributed by atoms with Crippen molar-refractivity contribution in [2.24, 2.45) is 0 Å². The number of aliphatic carboxylic acids is 1. The quantitative estimate of drug-likeness (QED) is 0.0902. The summed E-state index contributed by atoms with van der Waals surface area (Å²) in [5, 5.41) is 15.6. The molecule has 2 aromatic rings. The van der Waals surface area contributed by atoms with Gasteiger partial charge in [0.05, 0.1) is 6.54 Å². The van der Waals surface area contributed by atoms with Gasteiger partial charge in [0.2, 0.25) is 5.91 Å². The van der Waals surface area contributed by atoms with E-state index in [9.17, 15) is 33.9 Å². The van der Waals surface area contributed by atoms with Gasteiger partial charge in [-0.25, -0.2) is 19.3 Å². The molecule has 3 N–H and O–H groups in total. The molecule has 5 rings (SSSR count). The molecule has 230 valence electrons. The summed E-state index contributed by atoms with van der Waals surface area (Å²) in [7, 11) is 0.